The lowest BCUT2D eigenvalue weighted by molar-refractivity contribution is 0.0246. The van der Waals surface area contributed by atoms with Gasteiger partial charge in [0.1, 0.15) is 11.4 Å². The number of amides is 1. The van der Waals surface area contributed by atoms with Crippen LogP contribution in [0, 0.1) is 0 Å². The quantitative estimate of drug-likeness (QED) is 0.831. The van der Waals surface area contributed by atoms with Crippen LogP contribution in [0.3, 0.4) is 0 Å². The third-order valence-electron chi connectivity index (χ3n) is 5.11. The zero-order chi connectivity index (χ0) is 19.1. The molecule has 1 saturated heterocycles. The second-order valence-electron chi connectivity index (χ2n) is 6.82. The maximum Gasteiger partial charge on any atom is 0.255 e. The van der Waals surface area contributed by atoms with Crippen molar-refractivity contribution in [3.05, 3.63) is 59.1 Å². The van der Waals surface area contributed by atoms with Crippen molar-refractivity contribution in [1.82, 2.24) is 9.62 Å². The summed E-state index contributed by atoms with van der Waals surface area (Å²) < 4.78 is 33.4. The number of carbonyl (C=O) groups excluding carboxylic acids is 1. The summed E-state index contributed by atoms with van der Waals surface area (Å²) in [5.41, 5.74) is -0.0977. The van der Waals surface area contributed by atoms with E-state index in [0.717, 1.165) is 0 Å². The molecule has 1 amide bonds. The average Bonchev–Trinajstić information content (AvgIpc) is 2.80. The molecular weight excluding hydrogens is 388 g/mol. The maximum absolute atomic E-state index is 12.9. The highest BCUT2D eigenvalue weighted by atomic mass is 35.5. The van der Waals surface area contributed by atoms with Gasteiger partial charge in [-0.25, -0.2) is 8.42 Å². The second kappa shape index (κ2) is 6.82. The van der Waals surface area contributed by atoms with Crippen LogP contribution in [0.4, 0.5) is 0 Å². The SMILES string of the molecule is O=C1NCC2(CCN(S(=O)(=O)c3ccc(Cl)cc3)CC2)Oc2ccccc21. The molecule has 6 nitrogen and oxygen atoms in total. The highest BCUT2D eigenvalue weighted by Crippen LogP contribution is 2.34. The van der Waals surface area contributed by atoms with Crippen LogP contribution in [0.1, 0.15) is 23.2 Å². The molecular formula is C19H19ClN2O4S. The van der Waals surface area contributed by atoms with E-state index in [1.54, 1.807) is 30.3 Å². The van der Waals surface area contributed by atoms with Gasteiger partial charge >= 0.3 is 0 Å². The van der Waals surface area contributed by atoms with Crippen LogP contribution in [-0.2, 0) is 10.0 Å². The second-order valence-corrected chi connectivity index (χ2v) is 9.20. The predicted molar refractivity (Wildman–Crippen MR) is 102 cm³/mol. The smallest absolute Gasteiger partial charge is 0.255 e. The minimum Gasteiger partial charge on any atom is -0.485 e. The van der Waals surface area contributed by atoms with Crippen molar-refractivity contribution in [1.29, 1.82) is 0 Å². The Morgan fingerprint density at radius 2 is 1.70 bits per heavy atom. The summed E-state index contributed by atoms with van der Waals surface area (Å²) >= 11 is 5.85. The molecule has 0 aromatic heterocycles. The molecule has 0 atom stereocenters. The molecule has 1 fully saturated rings. The van der Waals surface area contributed by atoms with Crippen molar-refractivity contribution < 1.29 is 17.9 Å². The van der Waals surface area contributed by atoms with Crippen LogP contribution in [-0.4, -0.2) is 43.9 Å². The third kappa shape index (κ3) is 3.42. The fourth-order valence-electron chi connectivity index (χ4n) is 3.52. The van der Waals surface area contributed by atoms with Gasteiger partial charge in [-0.3, -0.25) is 4.79 Å². The van der Waals surface area contributed by atoms with Crippen molar-refractivity contribution in [3.8, 4) is 5.75 Å². The van der Waals surface area contributed by atoms with E-state index in [1.165, 1.54) is 16.4 Å². The highest BCUT2D eigenvalue weighted by Gasteiger charge is 2.42. The lowest BCUT2D eigenvalue weighted by Gasteiger charge is -2.40. The summed E-state index contributed by atoms with van der Waals surface area (Å²) in [6.07, 6.45) is 0.989. The number of para-hydroxylation sites is 1. The van der Waals surface area contributed by atoms with Crippen LogP contribution in [0.25, 0.3) is 0 Å². The number of ether oxygens (including phenoxy) is 1. The molecule has 0 aliphatic carbocycles. The Labute approximate surface area is 163 Å². The van der Waals surface area contributed by atoms with E-state index >= 15 is 0 Å². The van der Waals surface area contributed by atoms with Gasteiger partial charge in [0.05, 0.1) is 17.0 Å². The monoisotopic (exact) mass is 406 g/mol. The first-order valence-electron chi connectivity index (χ1n) is 8.72. The van der Waals surface area contributed by atoms with Gasteiger partial charge in [-0.1, -0.05) is 23.7 Å². The molecule has 2 aromatic carbocycles. The Hall–Kier alpha value is -2.09. The number of rotatable bonds is 2. The number of carbonyl (C=O) groups is 1. The maximum atomic E-state index is 12.9. The standard InChI is InChI=1S/C19H19ClN2O4S/c20-14-5-7-15(8-6-14)27(24,25)22-11-9-19(10-12-22)13-21-18(23)16-3-1-2-4-17(16)26-19/h1-8H,9-13H2,(H,21,23). The Kier molecular flexibility index (Phi) is 4.61. The van der Waals surface area contributed by atoms with E-state index in [4.69, 9.17) is 16.3 Å². The van der Waals surface area contributed by atoms with Crippen molar-refractivity contribution in [2.24, 2.45) is 0 Å². The molecule has 2 aliphatic heterocycles. The Morgan fingerprint density at radius 3 is 2.41 bits per heavy atom. The molecule has 142 valence electrons. The molecule has 4 rings (SSSR count). The van der Waals surface area contributed by atoms with Gasteiger partial charge in [0.2, 0.25) is 10.0 Å². The fraction of sp³-hybridized carbons (Fsp3) is 0.316. The summed E-state index contributed by atoms with van der Waals surface area (Å²) in [5, 5.41) is 3.40. The molecule has 1 spiro atoms. The normalized spacial score (nSPS) is 19.7. The van der Waals surface area contributed by atoms with Crippen molar-refractivity contribution in [2.75, 3.05) is 19.6 Å². The van der Waals surface area contributed by atoms with Gasteiger partial charge in [0, 0.05) is 31.0 Å². The highest BCUT2D eigenvalue weighted by molar-refractivity contribution is 7.89. The van der Waals surface area contributed by atoms with Gasteiger partial charge in [0.15, 0.2) is 0 Å². The van der Waals surface area contributed by atoms with Gasteiger partial charge in [-0.2, -0.15) is 4.31 Å². The van der Waals surface area contributed by atoms with Gasteiger partial charge in [0.25, 0.3) is 5.91 Å². The number of nitrogens with zero attached hydrogens (tertiary/aromatic N) is 1. The number of hydrogen-bond donors (Lipinski definition) is 1. The summed E-state index contributed by atoms with van der Waals surface area (Å²) in [6.45, 7) is 1.00. The Bertz CT molecular complexity index is 967. The molecule has 0 saturated carbocycles. The molecule has 27 heavy (non-hydrogen) atoms. The van der Waals surface area contributed by atoms with E-state index in [9.17, 15) is 13.2 Å². The first-order valence-corrected chi connectivity index (χ1v) is 10.5. The van der Waals surface area contributed by atoms with Crippen LogP contribution in [0.5, 0.6) is 5.75 Å². The molecule has 0 radical (unpaired) electrons. The lowest BCUT2D eigenvalue weighted by Crippen LogP contribution is -2.54. The molecule has 2 heterocycles. The van der Waals surface area contributed by atoms with E-state index in [2.05, 4.69) is 5.32 Å². The van der Waals surface area contributed by atoms with Gasteiger partial charge < -0.3 is 10.1 Å². The summed E-state index contributed by atoms with van der Waals surface area (Å²) in [7, 11) is -3.58. The molecule has 1 N–H and O–H groups in total. The first-order chi connectivity index (χ1) is 12.9. The molecule has 2 aliphatic rings. The van der Waals surface area contributed by atoms with Gasteiger partial charge in [-0.05, 0) is 36.4 Å². The van der Waals surface area contributed by atoms with Crippen LogP contribution >= 0.6 is 11.6 Å². The summed E-state index contributed by atoms with van der Waals surface area (Å²) in [6, 6.07) is 13.3. The van der Waals surface area contributed by atoms with Crippen LogP contribution in [0.15, 0.2) is 53.4 Å². The van der Waals surface area contributed by atoms with Crippen LogP contribution < -0.4 is 10.1 Å². The van der Waals surface area contributed by atoms with Crippen molar-refractivity contribution in [2.45, 2.75) is 23.3 Å². The molecule has 0 bridgehead atoms. The predicted octanol–water partition coefficient (Wildman–Crippen LogP) is 2.69. The molecule has 8 heteroatoms. The molecule has 0 unspecified atom stereocenters. The number of fused-ring (bicyclic) bond motifs is 1. The third-order valence-corrected chi connectivity index (χ3v) is 7.28. The minimum atomic E-state index is -3.58. The van der Waals surface area contributed by atoms with E-state index < -0.39 is 15.6 Å². The topological polar surface area (TPSA) is 75.7 Å². The first kappa shape index (κ1) is 18.3. The number of benzene rings is 2. The van der Waals surface area contributed by atoms with Crippen molar-refractivity contribution in [3.63, 3.8) is 0 Å². The lowest BCUT2D eigenvalue weighted by atomic mass is 9.92. The van der Waals surface area contributed by atoms with Crippen molar-refractivity contribution >= 4 is 27.5 Å². The molecule has 2 aromatic rings. The van der Waals surface area contributed by atoms with Crippen LogP contribution in [0.2, 0.25) is 5.02 Å². The number of hydrogen-bond acceptors (Lipinski definition) is 4. The fourth-order valence-corrected chi connectivity index (χ4v) is 5.09. The summed E-state index contributed by atoms with van der Waals surface area (Å²) in [5.74, 6) is 0.375. The number of nitrogens with one attached hydrogen (secondary N) is 1. The largest absolute Gasteiger partial charge is 0.485 e. The van der Waals surface area contributed by atoms with E-state index in [0.29, 0.717) is 48.8 Å². The Balaban J connectivity index is 1.53. The summed E-state index contributed by atoms with van der Waals surface area (Å²) in [4.78, 5) is 12.5. The zero-order valence-electron chi connectivity index (χ0n) is 14.5. The van der Waals surface area contributed by atoms with E-state index in [1.807, 2.05) is 6.07 Å². The average molecular weight is 407 g/mol. The Morgan fingerprint density at radius 1 is 1.04 bits per heavy atom. The number of halogens is 1. The minimum absolute atomic E-state index is 0.168. The number of sulfonamides is 1. The zero-order valence-corrected chi connectivity index (χ0v) is 16.1. The van der Waals surface area contributed by atoms with E-state index in [-0.39, 0.29) is 10.8 Å². The number of piperidine rings is 1. The van der Waals surface area contributed by atoms with Gasteiger partial charge in [-0.15, -0.1) is 0 Å².